The van der Waals surface area contributed by atoms with Crippen LogP contribution in [0.25, 0.3) is 11.4 Å². The summed E-state index contributed by atoms with van der Waals surface area (Å²) < 4.78 is 45.7. The lowest BCUT2D eigenvalue weighted by Gasteiger charge is -2.06. The van der Waals surface area contributed by atoms with Crippen molar-refractivity contribution in [1.29, 1.82) is 0 Å². The molecule has 0 aliphatic rings. The number of halogens is 1. The zero-order valence-electron chi connectivity index (χ0n) is 14.1. The molecule has 1 amide bonds. The largest absolute Gasteiger partial charge is 0.338 e. The predicted octanol–water partition coefficient (Wildman–Crippen LogP) is 2.31. The number of aromatic nitrogens is 2. The van der Waals surface area contributed by atoms with E-state index in [1.165, 1.54) is 49.4 Å². The third-order valence-electron chi connectivity index (χ3n) is 3.48. The van der Waals surface area contributed by atoms with E-state index in [2.05, 4.69) is 20.2 Å². The summed E-state index contributed by atoms with van der Waals surface area (Å²) >= 11 is 0. The second-order valence-corrected chi connectivity index (χ2v) is 7.29. The maximum Gasteiger partial charge on any atom is 0.242 e. The molecule has 0 atom stereocenters. The number of carbonyl (C=O) groups excluding carboxylic acids is 1. The normalized spacial score (nSPS) is 11.3. The fourth-order valence-corrected chi connectivity index (χ4v) is 3.21. The molecule has 2 aromatic carbocycles. The minimum atomic E-state index is -3.83. The average molecular weight is 390 g/mol. The summed E-state index contributed by atoms with van der Waals surface area (Å²) in [6.45, 7) is 1.10. The van der Waals surface area contributed by atoms with Crippen LogP contribution in [0, 0.1) is 5.82 Å². The first kappa shape index (κ1) is 18.7. The molecule has 1 heterocycles. The van der Waals surface area contributed by atoms with Gasteiger partial charge in [-0.2, -0.15) is 4.98 Å². The van der Waals surface area contributed by atoms with Gasteiger partial charge >= 0.3 is 0 Å². The summed E-state index contributed by atoms with van der Waals surface area (Å²) in [6, 6.07) is 11.6. The molecule has 3 aromatic rings. The Morgan fingerprint density at radius 2 is 1.85 bits per heavy atom. The maximum absolute atomic E-state index is 13.7. The van der Waals surface area contributed by atoms with Crippen LogP contribution in [0.5, 0.6) is 0 Å². The van der Waals surface area contributed by atoms with Gasteiger partial charge in [0.1, 0.15) is 5.82 Å². The molecular formula is C17H15FN4O4S. The Balaban J connectivity index is 1.69. The molecule has 2 N–H and O–H groups in total. The van der Waals surface area contributed by atoms with Crippen LogP contribution >= 0.6 is 0 Å². The minimum Gasteiger partial charge on any atom is -0.338 e. The number of sulfonamides is 1. The van der Waals surface area contributed by atoms with Crippen LogP contribution in [0.3, 0.4) is 0 Å². The van der Waals surface area contributed by atoms with E-state index in [1.54, 1.807) is 6.07 Å². The molecule has 0 aliphatic carbocycles. The van der Waals surface area contributed by atoms with E-state index in [-0.39, 0.29) is 34.6 Å². The van der Waals surface area contributed by atoms with Crippen molar-refractivity contribution in [2.75, 3.05) is 5.32 Å². The lowest BCUT2D eigenvalue weighted by atomic mass is 10.2. The molecule has 0 radical (unpaired) electrons. The molecule has 10 heteroatoms. The Bertz CT molecular complexity index is 1060. The van der Waals surface area contributed by atoms with Crippen molar-refractivity contribution in [2.24, 2.45) is 0 Å². The molecule has 1 aromatic heterocycles. The zero-order chi connectivity index (χ0) is 19.4. The zero-order valence-corrected chi connectivity index (χ0v) is 15.0. The van der Waals surface area contributed by atoms with E-state index in [0.29, 0.717) is 5.69 Å². The van der Waals surface area contributed by atoms with Crippen molar-refractivity contribution in [3.63, 3.8) is 0 Å². The van der Waals surface area contributed by atoms with Crippen molar-refractivity contribution >= 4 is 21.6 Å². The van der Waals surface area contributed by atoms with Gasteiger partial charge in [-0.1, -0.05) is 17.3 Å². The van der Waals surface area contributed by atoms with Gasteiger partial charge in [-0.3, -0.25) is 4.79 Å². The van der Waals surface area contributed by atoms with Crippen LogP contribution in [0.2, 0.25) is 0 Å². The lowest BCUT2D eigenvalue weighted by molar-refractivity contribution is -0.114. The Labute approximate surface area is 154 Å². The van der Waals surface area contributed by atoms with Crippen molar-refractivity contribution < 1.29 is 22.1 Å². The number of amides is 1. The Morgan fingerprint density at radius 3 is 2.52 bits per heavy atom. The van der Waals surface area contributed by atoms with Crippen LogP contribution in [-0.4, -0.2) is 24.5 Å². The summed E-state index contributed by atoms with van der Waals surface area (Å²) in [7, 11) is -3.83. The van der Waals surface area contributed by atoms with E-state index in [0.717, 1.165) is 0 Å². The van der Waals surface area contributed by atoms with Crippen LogP contribution in [0.15, 0.2) is 57.9 Å². The molecule has 0 aliphatic heterocycles. The molecule has 140 valence electrons. The number of nitrogens with one attached hydrogen (secondary N) is 2. The highest BCUT2D eigenvalue weighted by Crippen LogP contribution is 2.19. The summed E-state index contributed by atoms with van der Waals surface area (Å²) in [5.41, 5.74) is 0.636. The number of hydrogen-bond donors (Lipinski definition) is 2. The van der Waals surface area contributed by atoms with Crippen molar-refractivity contribution in [1.82, 2.24) is 14.9 Å². The quantitative estimate of drug-likeness (QED) is 0.668. The third kappa shape index (κ3) is 4.54. The summed E-state index contributed by atoms with van der Waals surface area (Å²) in [5, 5.41) is 6.20. The van der Waals surface area contributed by atoms with E-state index < -0.39 is 15.8 Å². The van der Waals surface area contributed by atoms with Gasteiger partial charge in [-0.05, 0) is 36.4 Å². The number of nitrogens with zero attached hydrogens (tertiary/aromatic N) is 2. The van der Waals surface area contributed by atoms with Gasteiger partial charge < -0.3 is 9.84 Å². The molecular weight excluding hydrogens is 375 g/mol. The van der Waals surface area contributed by atoms with Gasteiger partial charge in [0.05, 0.1) is 17.0 Å². The fourth-order valence-electron chi connectivity index (χ4n) is 2.24. The Kier molecular flexibility index (Phi) is 5.28. The maximum atomic E-state index is 13.7. The second kappa shape index (κ2) is 7.64. The molecule has 0 saturated carbocycles. The molecule has 3 rings (SSSR count). The molecule has 0 fully saturated rings. The first-order chi connectivity index (χ1) is 12.8. The summed E-state index contributed by atoms with van der Waals surface area (Å²) in [5.74, 6) is -0.746. The number of benzene rings is 2. The van der Waals surface area contributed by atoms with E-state index >= 15 is 0 Å². The number of anilines is 1. The van der Waals surface area contributed by atoms with Gasteiger partial charge in [-0.15, -0.1) is 0 Å². The fraction of sp³-hybridized carbons (Fsp3) is 0.118. The highest BCUT2D eigenvalue weighted by atomic mass is 32.2. The third-order valence-corrected chi connectivity index (χ3v) is 4.90. The number of rotatable bonds is 6. The monoisotopic (exact) mass is 390 g/mol. The molecule has 0 saturated heterocycles. The van der Waals surface area contributed by atoms with Crippen molar-refractivity contribution in [3.8, 4) is 11.4 Å². The molecule has 0 bridgehead atoms. The van der Waals surface area contributed by atoms with Crippen molar-refractivity contribution in [3.05, 3.63) is 60.2 Å². The second-order valence-electron chi connectivity index (χ2n) is 5.52. The number of carbonyl (C=O) groups is 1. The van der Waals surface area contributed by atoms with Gasteiger partial charge in [0.25, 0.3) is 0 Å². The van der Waals surface area contributed by atoms with E-state index in [9.17, 15) is 17.6 Å². The van der Waals surface area contributed by atoms with Crippen molar-refractivity contribution in [2.45, 2.75) is 18.4 Å². The average Bonchev–Trinajstić information content (AvgIpc) is 3.09. The summed E-state index contributed by atoms with van der Waals surface area (Å²) in [4.78, 5) is 15.0. The molecule has 27 heavy (non-hydrogen) atoms. The summed E-state index contributed by atoms with van der Waals surface area (Å²) in [6.07, 6.45) is 0. The topological polar surface area (TPSA) is 114 Å². The number of hydrogen-bond acceptors (Lipinski definition) is 6. The Hall–Kier alpha value is -3.11. The predicted molar refractivity (Wildman–Crippen MR) is 94.5 cm³/mol. The van der Waals surface area contributed by atoms with Crippen LogP contribution in [0.4, 0.5) is 10.1 Å². The highest BCUT2D eigenvalue weighted by molar-refractivity contribution is 7.89. The van der Waals surface area contributed by atoms with Gasteiger partial charge in [-0.25, -0.2) is 17.5 Å². The first-order valence-electron chi connectivity index (χ1n) is 7.80. The molecule has 0 spiro atoms. The van der Waals surface area contributed by atoms with Crippen LogP contribution in [0.1, 0.15) is 12.8 Å². The lowest BCUT2D eigenvalue weighted by Crippen LogP contribution is -2.23. The van der Waals surface area contributed by atoms with Crippen LogP contribution < -0.4 is 10.0 Å². The smallest absolute Gasteiger partial charge is 0.242 e. The van der Waals surface area contributed by atoms with Gasteiger partial charge in [0.2, 0.25) is 27.6 Å². The SMILES string of the molecule is CC(=O)Nc1ccc(S(=O)(=O)NCc2nc(-c3ccccc3F)no2)cc1. The first-order valence-corrected chi connectivity index (χ1v) is 9.28. The van der Waals surface area contributed by atoms with Gasteiger partial charge in [0, 0.05) is 12.6 Å². The molecule has 0 unspecified atom stereocenters. The Morgan fingerprint density at radius 1 is 1.15 bits per heavy atom. The van der Waals surface area contributed by atoms with Gasteiger partial charge in [0.15, 0.2) is 0 Å². The molecule has 8 nitrogen and oxygen atoms in total. The van der Waals surface area contributed by atoms with E-state index in [4.69, 9.17) is 4.52 Å². The van der Waals surface area contributed by atoms with E-state index in [1.807, 2.05) is 0 Å². The highest BCUT2D eigenvalue weighted by Gasteiger charge is 2.17. The minimum absolute atomic E-state index is 0.00504. The van der Waals surface area contributed by atoms with Crippen LogP contribution in [-0.2, 0) is 21.4 Å². The standard InChI is InChI=1S/C17H15FN4O4S/c1-11(23)20-12-6-8-13(9-7-12)27(24,25)19-10-16-21-17(22-26-16)14-4-2-3-5-15(14)18/h2-9,19H,10H2,1H3,(H,20,23).